The Kier molecular flexibility index (Phi) is 4.00. The summed E-state index contributed by atoms with van der Waals surface area (Å²) in [5, 5.41) is 5.42. The van der Waals surface area contributed by atoms with Crippen molar-refractivity contribution >= 4 is 17.3 Å². The minimum atomic E-state index is 0.177. The normalized spacial score (nSPS) is 15.7. The van der Waals surface area contributed by atoms with E-state index in [-0.39, 0.29) is 5.41 Å². The van der Waals surface area contributed by atoms with Crippen LogP contribution in [0.1, 0.15) is 6.92 Å². The lowest BCUT2D eigenvalue weighted by Gasteiger charge is -2.38. The molecule has 122 valence electrons. The van der Waals surface area contributed by atoms with Gasteiger partial charge in [-0.3, -0.25) is 4.98 Å². The molecule has 0 aromatic carbocycles. The highest BCUT2D eigenvalue weighted by atomic mass is 32.1. The molecule has 3 aromatic rings. The first-order valence-electron chi connectivity index (χ1n) is 7.86. The standard InChI is InChI=1S/C18H18N4OS/c1-18(11-23-12-18)10-21-17-20-9-14(13-4-6-19-7-5-13)16(22-17)15-3-2-8-24-15/h2-9H,10-12H2,1H3,(H,20,21,22). The summed E-state index contributed by atoms with van der Waals surface area (Å²) in [6, 6.07) is 8.09. The van der Waals surface area contributed by atoms with E-state index in [1.807, 2.05) is 24.4 Å². The molecular formula is C18H18N4OS. The number of nitrogens with zero attached hydrogens (tertiary/aromatic N) is 3. The van der Waals surface area contributed by atoms with Gasteiger partial charge in [0.1, 0.15) is 0 Å². The number of pyridine rings is 1. The maximum atomic E-state index is 5.30. The van der Waals surface area contributed by atoms with Crippen molar-refractivity contribution in [2.45, 2.75) is 6.92 Å². The van der Waals surface area contributed by atoms with Gasteiger partial charge < -0.3 is 10.1 Å². The zero-order valence-corrected chi connectivity index (χ0v) is 14.2. The molecule has 24 heavy (non-hydrogen) atoms. The molecule has 1 aliphatic heterocycles. The summed E-state index contributed by atoms with van der Waals surface area (Å²) >= 11 is 1.68. The molecule has 6 heteroatoms. The summed E-state index contributed by atoms with van der Waals surface area (Å²) < 4.78 is 5.30. The molecule has 0 radical (unpaired) electrons. The Bertz CT molecular complexity index is 816. The van der Waals surface area contributed by atoms with Crippen molar-refractivity contribution in [1.82, 2.24) is 15.0 Å². The van der Waals surface area contributed by atoms with Gasteiger partial charge in [0.2, 0.25) is 5.95 Å². The number of aromatic nitrogens is 3. The summed E-state index contributed by atoms with van der Waals surface area (Å²) in [5.74, 6) is 0.657. The van der Waals surface area contributed by atoms with E-state index in [1.54, 1.807) is 23.7 Å². The van der Waals surface area contributed by atoms with Crippen molar-refractivity contribution in [3.63, 3.8) is 0 Å². The first kappa shape index (κ1) is 15.2. The maximum Gasteiger partial charge on any atom is 0.223 e. The van der Waals surface area contributed by atoms with E-state index in [0.717, 1.165) is 41.5 Å². The van der Waals surface area contributed by atoms with Crippen LogP contribution in [0, 0.1) is 5.41 Å². The molecule has 1 fully saturated rings. The van der Waals surface area contributed by atoms with Crippen LogP contribution in [0.5, 0.6) is 0 Å². The van der Waals surface area contributed by atoms with Gasteiger partial charge in [-0.25, -0.2) is 9.97 Å². The van der Waals surface area contributed by atoms with Crippen LogP contribution < -0.4 is 5.32 Å². The van der Waals surface area contributed by atoms with Crippen molar-refractivity contribution in [3.05, 3.63) is 48.2 Å². The molecule has 1 N–H and O–H groups in total. The fourth-order valence-electron chi connectivity index (χ4n) is 2.66. The minimum absolute atomic E-state index is 0.177. The second-order valence-electron chi connectivity index (χ2n) is 6.33. The smallest absolute Gasteiger partial charge is 0.223 e. The van der Waals surface area contributed by atoms with Crippen molar-refractivity contribution in [2.75, 3.05) is 25.1 Å². The van der Waals surface area contributed by atoms with Gasteiger partial charge in [-0.05, 0) is 29.1 Å². The van der Waals surface area contributed by atoms with E-state index in [0.29, 0.717) is 5.95 Å². The summed E-state index contributed by atoms with van der Waals surface area (Å²) in [4.78, 5) is 14.5. The molecular weight excluding hydrogens is 320 g/mol. The number of hydrogen-bond donors (Lipinski definition) is 1. The number of ether oxygens (including phenoxy) is 1. The van der Waals surface area contributed by atoms with Gasteiger partial charge in [-0.1, -0.05) is 13.0 Å². The minimum Gasteiger partial charge on any atom is -0.380 e. The first-order chi connectivity index (χ1) is 11.7. The van der Waals surface area contributed by atoms with Crippen LogP contribution in [-0.2, 0) is 4.74 Å². The second-order valence-corrected chi connectivity index (χ2v) is 7.27. The molecule has 4 heterocycles. The van der Waals surface area contributed by atoms with Crippen LogP contribution in [-0.4, -0.2) is 34.7 Å². The zero-order chi connectivity index (χ0) is 16.4. The molecule has 0 unspecified atom stereocenters. The van der Waals surface area contributed by atoms with Crippen LogP contribution in [0.3, 0.4) is 0 Å². The number of rotatable bonds is 5. The summed E-state index contributed by atoms with van der Waals surface area (Å²) in [5.41, 5.74) is 3.21. The molecule has 0 aliphatic carbocycles. The number of thiophene rings is 1. The average Bonchev–Trinajstić information content (AvgIpc) is 3.13. The molecule has 0 spiro atoms. The molecule has 1 saturated heterocycles. The van der Waals surface area contributed by atoms with Crippen molar-refractivity contribution in [2.24, 2.45) is 5.41 Å². The zero-order valence-electron chi connectivity index (χ0n) is 13.4. The topological polar surface area (TPSA) is 59.9 Å². The predicted octanol–water partition coefficient (Wildman–Crippen LogP) is 3.72. The van der Waals surface area contributed by atoms with Crippen LogP contribution in [0.25, 0.3) is 21.7 Å². The largest absolute Gasteiger partial charge is 0.380 e. The molecule has 0 bridgehead atoms. The van der Waals surface area contributed by atoms with E-state index in [1.165, 1.54) is 0 Å². The number of anilines is 1. The van der Waals surface area contributed by atoms with Gasteiger partial charge in [-0.15, -0.1) is 11.3 Å². The van der Waals surface area contributed by atoms with Gasteiger partial charge in [0.15, 0.2) is 0 Å². The van der Waals surface area contributed by atoms with Gasteiger partial charge in [0, 0.05) is 36.1 Å². The Labute approximate surface area is 144 Å². The maximum absolute atomic E-state index is 5.30. The summed E-state index contributed by atoms with van der Waals surface area (Å²) in [7, 11) is 0. The lowest BCUT2D eigenvalue weighted by molar-refractivity contribution is -0.0925. The number of hydrogen-bond acceptors (Lipinski definition) is 6. The third-order valence-electron chi connectivity index (χ3n) is 4.11. The van der Waals surface area contributed by atoms with Crippen molar-refractivity contribution in [1.29, 1.82) is 0 Å². The van der Waals surface area contributed by atoms with Gasteiger partial charge in [0.05, 0.1) is 23.8 Å². The predicted molar refractivity (Wildman–Crippen MR) is 96.0 cm³/mol. The highest BCUT2D eigenvalue weighted by molar-refractivity contribution is 7.13. The Balaban J connectivity index is 1.67. The van der Waals surface area contributed by atoms with E-state index in [9.17, 15) is 0 Å². The molecule has 4 rings (SSSR count). The van der Waals surface area contributed by atoms with Gasteiger partial charge >= 0.3 is 0 Å². The molecule has 0 amide bonds. The third kappa shape index (κ3) is 3.02. The fraction of sp³-hybridized carbons (Fsp3) is 0.278. The van der Waals surface area contributed by atoms with Crippen LogP contribution in [0.2, 0.25) is 0 Å². The van der Waals surface area contributed by atoms with Crippen LogP contribution >= 0.6 is 11.3 Å². The lowest BCUT2D eigenvalue weighted by atomic mass is 9.89. The van der Waals surface area contributed by atoms with E-state index < -0.39 is 0 Å². The van der Waals surface area contributed by atoms with Crippen LogP contribution in [0.15, 0.2) is 48.2 Å². The molecule has 0 atom stereocenters. The Morgan fingerprint density at radius 3 is 2.75 bits per heavy atom. The van der Waals surface area contributed by atoms with E-state index >= 15 is 0 Å². The van der Waals surface area contributed by atoms with Crippen molar-refractivity contribution < 1.29 is 4.74 Å². The lowest BCUT2D eigenvalue weighted by Crippen LogP contribution is -2.45. The van der Waals surface area contributed by atoms with Gasteiger partial charge in [0.25, 0.3) is 0 Å². The average molecular weight is 338 g/mol. The number of nitrogens with one attached hydrogen (secondary N) is 1. The van der Waals surface area contributed by atoms with Crippen LogP contribution in [0.4, 0.5) is 5.95 Å². The Morgan fingerprint density at radius 1 is 1.25 bits per heavy atom. The Hall–Kier alpha value is -2.31. The second kappa shape index (κ2) is 6.30. The molecule has 0 saturated carbocycles. The van der Waals surface area contributed by atoms with Crippen molar-refractivity contribution in [3.8, 4) is 21.7 Å². The first-order valence-corrected chi connectivity index (χ1v) is 8.74. The highest BCUT2D eigenvalue weighted by Crippen LogP contribution is 2.33. The summed E-state index contributed by atoms with van der Waals surface area (Å²) in [6.07, 6.45) is 5.47. The van der Waals surface area contributed by atoms with E-state index in [4.69, 9.17) is 9.72 Å². The summed E-state index contributed by atoms with van der Waals surface area (Å²) in [6.45, 7) is 4.58. The molecule has 1 aliphatic rings. The monoisotopic (exact) mass is 338 g/mol. The van der Waals surface area contributed by atoms with E-state index in [2.05, 4.69) is 33.7 Å². The van der Waals surface area contributed by atoms with Gasteiger partial charge in [-0.2, -0.15) is 0 Å². The quantitative estimate of drug-likeness (QED) is 0.768. The Morgan fingerprint density at radius 2 is 2.08 bits per heavy atom. The third-order valence-corrected chi connectivity index (χ3v) is 4.99. The molecule has 5 nitrogen and oxygen atoms in total. The fourth-order valence-corrected chi connectivity index (χ4v) is 3.38. The highest BCUT2D eigenvalue weighted by Gasteiger charge is 2.33. The SMILES string of the molecule is CC1(CNc2ncc(-c3ccncc3)c(-c3cccs3)n2)COC1. The molecule has 3 aromatic heterocycles.